The van der Waals surface area contributed by atoms with Crippen LogP contribution in [0.15, 0.2) is 23.2 Å². The van der Waals surface area contributed by atoms with Crippen LogP contribution in [-0.2, 0) is 9.47 Å². The van der Waals surface area contributed by atoms with Crippen LogP contribution in [0.1, 0.15) is 52.1 Å². The fraction of sp³-hybridized carbons (Fsp3) is 0.696. The van der Waals surface area contributed by atoms with Crippen molar-refractivity contribution in [3.05, 3.63) is 23.8 Å². The van der Waals surface area contributed by atoms with Gasteiger partial charge in [-0.25, -0.2) is 0 Å². The van der Waals surface area contributed by atoms with Crippen molar-refractivity contribution in [3.63, 3.8) is 0 Å². The average molecular weight is 549 g/mol. The topological polar surface area (TPSA) is 73.3 Å². The molecule has 31 heavy (non-hydrogen) atoms. The molecule has 1 aromatic rings. The van der Waals surface area contributed by atoms with E-state index in [0.29, 0.717) is 19.1 Å². The maximum atomic E-state index is 5.76. The molecule has 0 amide bonds. The second-order valence-corrected chi connectivity index (χ2v) is 7.36. The van der Waals surface area contributed by atoms with E-state index in [1.54, 1.807) is 0 Å². The molecule has 2 rings (SSSR count). The molecule has 7 nitrogen and oxygen atoms in total. The third-order valence-corrected chi connectivity index (χ3v) is 4.86. The quantitative estimate of drug-likeness (QED) is 0.167. The smallest absolute Gasteiger partial charge is 0.191 e. The third-order valence-electron chi connectivity index (χ3n) is 4.86. The summed E-state index contributed by atoms with van der Waals surface area (Å²) >= 11 is 0. The fourth-order valence-corrected chi connectivity index (χ4v) is 3.27. The Kier molecular flexibility index (Phi) is 14.7. The number of halogens is 1. The zero-order valence-corrected chi connectivity index (χ0v) is 21.8. The Morgan fingerprint density at radius 2 is 1.97 bits per heavy atom. The lowest BCUT2D eigenvalue weighted by atomic mass is 10.1. The molecule has 0 radical (unpaired) electrons. The molecule has 1 aliphatic rings. The minimum absolute atomic E-state index is 0. The molecule has 178 valence electrons. The normalized spacial score (nSPS) is 17.0. The summed E-state index contributed by atoms with van der Waals surface area (Å²) in [6, 6.07) is 6.15. The molecule has 1 heterocycles. The second kappa shape index (κ2) is 16.4. The van der Waals surface area contributed by atoms with Crippen LogP contribution in [0.4, 0.5) is 0 Å². The van der Waals surface area contributed by atoms with Crippen molar-refractivity contribution >= 4 is 29.9 Å². The molecule has 0 bridgehead atoms. The lowest BCUT2D eigenvalue weighted by Gasteiger charge is -2.20. The van der Waals surface area contributed by atoms with E-state index in [0.717, 1.165) is 75.4 Å². The first-order valence-corrected chi connectivity index (χ1v) is 11.3. The Bertz CT molecular complexity index is 639. The number of ether oxygens (including phenoxy) is 4. The molecule has 1 saturated heterocycles. The van der Waals surface area contributed by atoms with Crippen LogP contribution in [0.5, 0.6) is 11.5 Å². The zero-order chi connectivity index (χ0) is 21.6. The molecule has 8 heteroatoms. The van der Waals surface area contributed by atoms with Crippen molar-refractivity contribution < 1.29 is 18.9 Å². The first-order valence-electron chi connectivity index (χ1n) is 11.3. The molecule has 1 aliphatic heterocycles. The van der Waals surface area contributed by atoms with Crippen LogP contribution in [0, 0.1) is 5.92 Å². The molecule has 0 aromatic heterocycles. The van der Waals surface area contributed by atoms with Crippen LogP contribution < -0.4 is 20.1 Å². The summed E-state index contributed by atoms with van der Waals surface area (Å²) in [5.74, 6) is 2.92. The third kappa shape index (κ3) is 10.3. The zero-order valence-electron chi connectivity index (χ0n) is 19.4. The molecular formula is C23H40IN3O4. The lowest BCUT2D eigenvalue weighted by Crippen LogP contribution is -2.38. The van der Waals surface area contributed by atoms with Crippen LogP contribution in [0.25, 0.3) is 0 Å². The van der Waals surface area contributed by atoms with Crippen LogP contribution >= 0.6 is 24.0 Å². The van der Waals surface area contributed by atoms with E-state index in [4.69, 9.17) is 18.9 Å². The number of rotatable bonds is 13. The Labute approximate surface area is 204 Å². The van der Waals surface area contributed by atoms with Crippen molar-refractivity contribution in [2.24, 2.45) is 10.9 Å². The highest BCUT2D eigenvalue weighted by atomic mass is 127. The van der Waals surface area contributed by atoms with Gasteiger partial charge in [-0.1, -0.05) is 6.07 Å². The number of hydrogen-bond acceptors (Lipinski definition) is 5. The standard InChI is InChI=1S/C23H39N3O4.HI/c1-5-24-23(25-12-8-13-27-16-19-11-14-28-17-19)26-18(4)20-9-10-21(29-6-2)22(15-20)30-7-3;/h9-10,15,18-19H,5-8,11-14,16-17H2,1-4H3,(H2,24,25,26);1H. The van der Waals surface area contributed by atoms with E-state index in [-0.39, 0.29) is 30.0 Å². The first kappa shape index (κ1) is 27.8. The van der Waals surface area contributed by atoms with Gasteiger partial charge in [-0.05, 0) is 58.2 Å². The van der Waals surface area contributed by atoms with Crippen molar-refractivity contribution in [1.82, 2.24) is 10.6 Å². The Hall–Kier alpha value is -1.26. The van der Waals surface area contributed by atoms with Gasteiger partial charge in [-0.2, -0.15) is 0 Å². The van der Waals surface area contributed by atoms with Crippen molar-refractivity contribution in [3.8, 4) is 11.5 Å². The largest absolute Gasteiger partial charge is 0.490 e. The molecule has 2 unspecified atom stereocenters. The first-order chi connectivity index (χ1) is 14.7. The summed E-state index contributed by atoms with van der Waals surface area (Å²) in [4.78, 5) is 4.69. The SMILES string of the molecule is CCNC(=NCCCOCC1CCOC1)NC(C)c1ccc(OCC)c(OCC)c1.I. The molecular weight excluding hydrogens is 509 g/mol. The molecule has 0 aliphatic carbocycles. The molecule has 0 saturated carbocycles. The predicted octanol–water partition coefficient (Wildman–Crippen LogP) is 4.16. The maximum Gasteiger partial charge on any atom is 0.191 e. The van der Waals surface area contributed by atoms with Crippen LogP contribution in [0.2, 0.25) is 0 Å². The highest BCUT2D eigenvalue weighted by Gasteiger charge is 2.15. The van der Waals surface area contributed by atoms with E-state index in [1.807, 2.05) is 26.0 Å². The van der Waals surface area contributed by atoms with E-state index in [9.17, 15) is 0 Å². The number of benzene rings is 1. The number of hydrogen-bond donors (Lipinski definition) is 2. The van der Waals surface area contributed by atoms with Crippen LogP contribution in [0.3, 0.4) is 0 Å². The van der Waals surface area contributed by atoms with Gasteiger partial charge < -0.3 is 29.6 Å². The Morgan fingerprint density at radius 1 is 1.19 bits per heavy atom. The number of guanidine groups is 1. The number of aliphatic imine (C=N–C) groups is 1. The van der Waals surface area contributed by atoms with Crippen molar-refractivity contribution in [1.29, 1.82) is 0 Å². The number of nitrogens with zero attached hydrogens (tertiary/aromatic N) is 1. The van der Waals surface area contributed by atoms with Gasteiger partial charge in [-0.15, -0.1) is 24.0 Å². The molecule has 2 atom stereocenters. The van der Waals surface area contributed by atoms with E-state index in [1.165, 1.54) is 0 Å². The Morgan fingerprint density at radius 3 is 2.65 bits per heavy atom. The lowest BCUT2D eigenvalue weighted by molar-refractivity contribution is 0.0893. The fourth-order valence-electron chi connectivity index (χ4n) is 3.27. The molecule has 1 fully saturated rings. The monoisotopic (exact) mass is 549 g/mol. The second-order valence-electron chi connectivity index (χ2n) is 7.36. The van der Waals surface area contributed by atoms with Gasteiger partial charge in [0.1, 0.15) is 0 Å². The van der Waals surface area contributed by atoms with Gasteiger partial charge in [0.2, 0.25) is 0 Å². The maximum absolute atomic E-state index is 5.76. The summed E-state index contributed by atoms with van der Waals surface area (Å²) in [6.07, 6.45) is 2.01. The minimum Gasteiger partial charge on any atom is -0.490 e. The summed E-state index contributed by atoms with van der Waals surface area (Å²) in [6.45, 7) is 14.1. The molecule has 2 N–H and O–H groups in total. The summed E-state index contributed by atoms with van der Waals surface area (Å²) in [5, 5.41) is 6.79. The van der Waals surface area contributed by atoms with Gasteiger partial charge in [-0.3, -0.25) is 4.99 Å². The minimum atomic E-state index is 0. The van der Waals surface area contributed by atoms with Gasteiger partial charge >= 0.3 is 0 Å². The van der Waals surface area contributed by atoms with Crippen LogP contribution in [-0.4, -0.2) is 58.7 Å². The molecule has 1 aromatic carbocycles. The van der Waals surface area contributed by atoms with E-state index < -0.39 is 0 Å². The predicted molar refractivity (Wildman–Crippen MR) is 136 cm³/mol. The Balaban J connectivity index is 0.00000480. The van der Waals surface area contributed by atoms with E-state index >= 15 is 0 Å². The van der Waals surface area contributed by atoms with E-state index in [2.05, 4.69) is 35.5 Å². The highest BCUT2D eigenvalue weighted by Crippen LogP contribution is 2.30. The highest BCUT2D eigenvalue weighted by molar-refractivity contribution is 14.0. The van der Waals surface area contributed by atoms with Gasteiger partial charge in [0, 0.05) is 32.2 Å². The number of nitrogens with one attached hydrogen (secondary N) is 2. The van der Waals surface area contributed by atoms with Gasteiger partial charge in [0.25, 0.3) is 0 Å². The van der Waals surface area contributed by atoms with Gasteiger partial charge in [0.05, 0.1) is 32.5 Å². The van der Waals surface area contributed by atoms with Crippen molar-refractivity contribution in [2.75, 3.05) is 52.7 Å². The summed E-state index contributed by atoms with van der Waals surface area (Å²) in [5.41, 5.74) is 1.12. The molecule has 0 spiro atoms. The average Bonchev–Trinajstić information content (AvgIpc) is 3.25. The van der Waals surface area contributed by atoms with Crippen molar-refractivity contribution in [2.45, 2.75) is 46.6 Å². The summed E-state index contributed by atoms with van der Waals surface area (Å²) in [7, 11) is 0. The summed E-state index contributed by atoms with van der Waals surface area (Å²) < 4.78 is 22.5. The van der Waals surface area contributed by atoms with Gasteiger partial charge in [0.15, 0.2) is 17.5 Å².